The molecule has 0 aliphatic heterocycles. The number of carbonyl (C=O) groups is 1. The van der Waals surface area contributed by atoms with E-state index in [1.165, 1.54) is 16.8 Å². The molecule has 8 nitrogen and oxygen atoms in total. The van der Waals surface area contributed by atoms with Crippen molar-refractivity contribution in [1.29, 1.82) is 0 Å². The minimum atomic E-state index is -3.91. The molecule has 0 fully saturated rings. The van der Waals surface area contributed by atoms with Crippen LogP contribution in [0.2, 0.25) is 0 Å². The Morgan fingerprint density at radius 3 is 2.09 bits per heavy atom. The zero-order valence-electron chi connectivity index (χ0n) is 19.7. The zero-order valence-corrected chi connectivity index (χ0v) is 21.4. The summed E-state index contributed by atoms with van der Waals surface area (Å²) in [7, 11) is -7.46. The molecule has 0 saturated carbocycles. The second kappa shape index (κ2) is 9.19. The summed E-state index contributed by atoms with van der Waals surface area (Å²) in [6, 6.07) is 2.87. The van der Waals surface area contributed by atoms with Crippen molar-refractivity contribution >= 4 is 31.3 Å². The van der Waals surface area contributed by atoms with Gasteiger partial charge in [0.1, 0.15) is 5.56 Å². The summed E-state index contributed by atoms with van der Waals surface area (Å²) in [6.45, 7) is 11.1. The van der Waals surface area contributed by atoms with Gasteiger partial charge in [0.15, 0.2) is 9.84 Å². The Labute approximate surface area is 190 Å². The molecule has 176 valence electrons. The second-order valence-electron chi connectivity index (χ2n) is 8.11. The molecule has 0 bridgehead atoms. The molecule has 1 aromatic heterocycles. The van der Waals surface area contributed by atoms with Crippen LogP contribution in [0.4, 0.5) is 0 Å². The van der Waals surface area contributed by atoms with Gasteiger partial charge in [-0.3, -0.25) is 4.79 Å². The average molecular weight is 483 g/mol. The Hall–Kier alpha value is -2.46. The summed E-state index contributed by atoms with van der Waals surface area (Å²) in [5, 5.41) is 4.30. The van der Waals surface area contributed by atoms with Gasteiger partial charge in [-0.1, -0.05) is 12.5 Å². The van der Waals surface area contributed by atoms with E-state index in [0.717, 1.165) is 23.7 Å². The first-order valence-corrected chi connectivity index (χ1v) is 13.8. The molecule has 32 heavy (non-hydrogen) atoms. The first-order valence-electron chi connectivity index (χ1n) is 10.1. The summed E-state index contributed by atoms with van der Waals surface area (Å²) in [6.07, 6.45) is 2.69. The van der Waals surface area contributed by atoms with Crippen molar-refractivity contribution in [2.24, 2.45) is 0 Å². The number of allylic oxidation sites excluding steroid dienone is 2. The largest absolute Gasteiger partial charge is 0.361 e. The van der Waals surface area contributed by atoms with Crippen molar-refractivity contribution in [2.45, 2.75) is 59.4 Å². The third kappa shape index (κ3) is 5.29. The van der Waals surface area contributed by atoms with Gasteiger partial charge in [0, 0.05) is 18.4 Å². The van der Waals surface area contributed by atoms with E-state index >= 15 is 0 Å². The molecular formula is C22H30N2O6S2. The number of rotatable bonds is 8. The Morgan fingerprint density at radius 2 is 1.62 bits per heavy atom. The van der Waals surface area contributed by atoms with Crippen LogP contribution in [0.5, 0.6) is 5.88 Å². The van der Waals surface area contributed by atoms with E-state index < -0.39 is 25.7 Å². The highest BCUT2D eigenvalue weighted by Gasteiger charge is 2.29. The van der Waals surface area contributed by atoms with Gasteiger partial charge < -0.3 is 4.18 Å². The maximum absolute atomic E-state index is 13.6. The second-order valence-corrected chi connectivity index (χ2v) is 11.7. The number of carbonyl (C=O) groups excluding carboxylic acids is 1. The molecule has 0 aliphatic carbocycles. The fourth-order valence-electron chi connectivity index (χ4n) is 3.51. The third-order valence-corrected chi connectivity index (χ3v) is 6.77. The fraction of sp³-hybridized carbons (Fsp3) is 0.455. The van der Waals surface area contributed by atoms with Gasteiger partial charge in [0.2, 0.25) is 11.7 Å². The first-order chi connectivity index (χ1) is 14.6. The lowest BCUT2D eigenvalue weighted by atomic mass is 9.91. The predicted molar refractivity (Wildman–Crippen MR) is 124 cm³/mol. The van der Waals surface area contributed by atoms with E-state index in [4.69, 9.17) is 4.18 Å². The number of ketones is 1. The number of benzene rings is 1. The molecule has 0 saturated heterocycles. The Bertz CT molecular complexity index is 1310. The first kappa shape index (κ1) is 25.8. The van der Waals surface area contributed by atoms with Gasteiger partial charge in [-0.15, -0.1) is 0 Å². The highest BCUT2D eigenvalue weighted by molar-refractivity contribution is 7.90. The monoisotopic (exact) mass is 482 g/mol. The van der Waals surface area contributed by atoms with Crippen molar-refractivity contribution in [3.05, 3.63) is 45.7 Å². The van der Waals surface area contributed by atoms with Crippen LogP contribution < -0.4 is 4.18 Å². The molecule has 10 heteroatoms. The van der Waals surface area contributed by atoms with Crippen molar-refractivity contribution in [2.75, 3.05) is 12.5 Å². The molecule has 0 amide bonds. The topological polar surface area (TPSA) is 112 Å². The number of aromatic nitrogens is 2. The van der Waals surface area contributed by atoms with Gasteiger partial charge >= 0.3 is 10.1 Å². The van der Waals surface area contributed by atoms with Crippen LogP contribution in [-0.2, 0) is 26.5 Å². The van der Waals surface area contributed by atoms with Crippen LogP contribution >= 0.6 is 0 Å². The zero-order chi connectivity index (χ0) is 24.6. The van der Waals surface area contributed by atoms with Crippen LogP contribution in [0.15, 0.2) is 22.6 Å². The van der Waals surface area contributed by atoms with Crippen LogP contribution in [0, 0.1) is 13.8 Å². The average Bonchev–Trinajstić information content (AvgIpc) is 2.93. The van der Waals surface area contributed by atoms with Crippen molar-refractivity contribution in [3.8, 4) is 5.88 Å². The Kier molecular flexibility index (Phi) is 7.41. The fourth-order valence-corrected chi connectivity index (χ4v) is 4.95. The van der Waals surface area contributed by atoms with E-state index in [1.807, 2.05) is 27.7 Å². The molecule has 2 rings (SSSR count). The summed E-state index contributed by atoms with van der Waals surface area (Å²) in [4.78, 5) is 13.8. The van der Waals surface area contributed by atoms with Crippen LogP contribution in [0.1, 0.15) is 66.9 Å². The van der Waals surface area contributed by atoms with E-state index in [-0.39, 0.29) is 21.9 Å². The smallest absolute Gasteiger partial charge is 0.307 e. The van der Waals surface area contributed by atoms with Crippen LogP contribution in [-0.4, -0.2) is 44.9 Å². The van der Waals surface area contributed by atoms with Gasteiger partial charge in [0.05, 0.1) is 16.8 Å². The highest BCUT2D eigenvalue weighted by atomic mass is 32.2. The van der Waals surface area contributed by atoms with Gasteiger partial charge in [-0.25, -0.2) is 13.1 Å². The summed E-state index contributed by atoms with van der Waals surface area (Å²) >= 11 is 0. The van der Waals surface area contributed by atoms with Gasteiger partial charge in [-0.2, -0.15) is 13.5 Å². The third-order valence-electron chi connectivity index (χ3n) is 5.17. The minimum absolute atomic E-state index is 0.0416. The molecule has 0 unspecified atom stereocenters. The molecule has 1 heterocycles. The van der Waals surface area contributed by atoms with Crippen molar-refractivity contribution in [3.63, 3.8) is 0 Å². The van der Waals surface area contributed by atoms with Gasteiger partial charge in [0.25, 0.3) is 0 Å². The molecule has 0 N–H and O–H groups in total. The highest BCUT2D eigenvalue weighted by Crippen LogP contribution is 2.34. The van der Waals surface area contributed by atoms with Gasteiger partial charge in [-0.05, 0) is 69.9 Å². The molecule has 2 aromatic rings. The Morgan fingerprint density at radius 1 is 1.03 bits per heavy atom. The molecule has 1 aromatic carbocycles. The van der Waals surface area contributed by atoms with E-state index in [9.17, 15) is 21.6 Å². The van der Waals surface area contributed by atoms with E-state index in [1.54, 1.807) is 13.8 Å². The maximum Gasteiger partial charge on any atom is 0.307 e. The number of hydrogen-bond acceptors (Lipinski definition) is 7. The molecule has 0 spiro atoms. The van der Waals surface area contributed by atoms with Crippen LogP contribution in [0.3, 0.4) is 0 Å². The van der Waals surface area contributed by atoms with E-state index in [2.05, 4.69) is 5.10 Å². The standard InChI is InChI=1S/C22H30N2O6S2/c1-9-12-24-22(30-32(8,28)29)20(16(6)23-24)21(25)17-10-11-18(31(7,26)27)19(15(17)5)14(4)13(2)3/h10-11H,9,12H2,1-8H3. The molecule has 0 atom stereocenters. The Balaban J connectivity index is 2.85. The SMILES string of the molecule is CCCn1nc(C)c(C(=O)c2ccc(S(C)(=O)=O)c(C(C)=C(C)C)c2C)c1OS(C)(=O)=O. The predicted octanol–water partition coefficient (Wildman–Crippen LogP) is 3.70. The number of aryl methyl sites for hydroxylation is 2. The molecule has 0 radical (unpaired) electrons. The summed E-state index contributed by atoms with van der Waals surface area (Å²) < 4.78 is 55.1. The molecular weight excluding hydrogens is 452 g/mol. The maximum atomic E-state index is 13.6. The normalized spacial score (nSPS) is 12.0. The van der Waals surface area contributed by atoms with E-state index in [0.29, 0.717) is 29.8 Å². The number of nitrogens with zero attached hydrogens (tertiary/aromatic N) is 2. The molecule has 0 aliphatic rings. The lowest BCUT2D eigenvalue weighted by molar-refractivity contribution is 0.103. The van der Waals surface area contributed by atoms with Crippen molar-refractivity contribution < 1.29 is 25.8 Å². The van der Waals surface area contributed by atoms with Crippen LogP contribution in [0.25, 0.3) is 5.57 Å². The lowest BCUT2D eigenvalue weighted by Crippen LogP contribution is -2.15. The lowest BCUT2D eigenvalue weighted by Gasteiger charge is -2.17. The van der Waals surface area contributed by atoms with Crippen molar-refractivity contribution in [1.82, 2.24) is 9.78 Å². The summed E-state index contributed by atoms with van der Waals surface area (Å²) in [5.74, 6) is -0.618. The minimum Gasteiger partial charge on any atom is -0.361 e. The quantitative estimate of drug-likeness (QED) is 0.416. The summed E-state index contributed by atoms with van der Waals surface area (Å²) in [5.41, 5.74) is 3.26. The number of hydrogen-bond donors (Lipinski definition) is 0. The number of sulfone groups is 1.